The number of nitrogens with zero attached hydrogens (tertiary/aromatic N) is 1. The molecule has 2 N–H and O–H groups in total. The second kappa shape index (κ2) is 3.86. The minimum absolute atomic E-state index is 0.144. The van der Waals surface area contributed by atoms with E-state index < -0.39 is 0 Å². The van der Waals surface area contributed by atoms with Gasteiger partial charge in [-0.15, -0.1) is 11.3 Å². The van der Waals surface area contributed by atoms with Crippen LogP contribution < -0.4 is 5.73 Å². The van der Waals surface area contributed by atoms with Gasteiger partial charge in [0, 0.05) is 9.35 Å². The Labute approximate surface area is 77.8 Å². The minimum Gasteiger partial charge on any atom is -0.322 e. The fraction of sp³-hybridized carbons (Fsp3) is 0.286. The molecule has 1 rings (SSSR count). The highest BCUT2D eigenvalue weighted by Gasteiger charge is 2.09. The Hall–Kier alpha value is -0.370. The van der Waals surface area contributed by atoms with Crippen molar-refractivity contribution in [1.29, 1.82) is 5.26 Å². The minimum atomic E-state index is -0.144. The summed E-state index contributed by atoms with van der Waals surface area (Å²) in [7, 11) is 0. The number of thiophene rings is 1. The second-order valence-corrected chi connectivity index (χ2v) is 3.90. The van der Waals surface area contributed by atoms with Gasteiger partial charge in [0.25, 0.3) is 0 Å². The smallest absolute Gasteiger partial charge is 0.0642 e. The van der Waals surface area contributed by atoms with Crippen molar-refractivity contribution in [3.63, 3.8) is 0 Å². The number of hydrogen-bond acceptors (Lipinski definition) is 3. The highest BCUT2D eigenvalue weighted by Crippen LogP contribution is 2.28. The average Bonchev–Trinajstić information content (AvgIpc) is 2.36. The molecule has 1 aromatic rings. The zero-order chi connectivity index (χ0) is 8.27. The molecule has 0 aliphatic heterocycles. The van der Waals surface area contributed by atoms with Gasteiger partial charge in [0.2, 0.25) is 0 Å². The molecule has 0 aliphatic rings. The molecule has 4 heteroatoms. The lowest BCUT2D eigenvalue weighted by Gasteiger charge is -2.03. The van der Waals surface area contributed by atoms with Crippen LogP contribution in [0.4, 0.5) is 0 Å². The lowest BCUT2D eigenvalue weighted by molar-refractivity contribution is 0.761. The van der Waals surface area contributed by atoms with Crippen LogP contribution in [0.2, 0.25) is 0 Å². The van der Waals surface area contributed by atoms with E-state index in [9.17, 15) is 0 Å². The summed E-state index contributed by atoms with van der Waals surface area (Å²) in [6.07, 6.45) is 0.374. The number of halogens is 1. The molecule has 0 saturated heterocycles. The van der Waals surface area contributed by atoms with Crippen molar-refractivity contribution in [2.24, 2.45) is 5.73 Å². The zero-order valence-electron chi connectivity index (χ0n) is 5.75. The monoisotopic (exact) mass is 230 g/mol. The first-order chi connectivity index (χ1) is 5.25. The summed E-state index contributed by atoms with van der Waals surface area (Å²) in [4.78, 5) is 1.05. The Morgan fingerprint density at radius 1 is 1.82 bits per heavy atom. The van der Waals surface area contributed by atoms with E-state index in [2.05, 4.69) is 15.9 Å². The van der Waals surface area contributed by atoms with Crippen LogP contribution in [0.15, 0.2) is 15.9 Å². The van der Waals surface area contributed by atoms with Crippen molar-refractivity contribution >= 4 is 27.3 Å². The van der Waals surface area contributed by atoms with Gasteiger partial charge in [-0.05, 0) is 27.4 Å². The molecular weight excluding hydrogens is 224 g/mol. The number of hydrogen-bond donors (Lipinski definition) is 1. The van der Waals surface area contributed by atoms with Crippen molar-refractivity contribution in [3.8, 4) is 6.07 Å². The van der Waals surface area contributed by atoms with Gasteiger partial charge >= 0.3 is 0 Å². The van der Waals surface area contributed by atoms with Crippen LogP contribution in [0, 0.1) is 11.3 Å². The number of rotatable bonds is 2. The average molecular weight is 231 g/mol. The fourth-order valence-corrected chi connectivity index (χ4v) is 2.43. The van der Waals surface area contributed by atoms with E-state index in [1.165, 1.54) is 0 Å². The molecule has 0 spiro atoms. The summed E-state index contributed by atoms with van der Waals surface area (Å²) < 4.78 is 1.00. The third kappa shape index (κ3) is 2.03. The van der Waals surface area contributed by atoms with Gasteiger partial charge in [-0.3, -0.25) is 0 Å². The van der Waals surface area contributed by atoms with Gasteiger partial charge in [-0.25, -0.2) is 0 Å². The van der Waals surface area contributed by atoms with Crippen molar-refractivity contribution in [1.82, 2.24) is 0 Å². The standard InChI is InChI=1S/C7H7BrN2S/c8-5-2-4-11-7(5)6(10)1-3-9/h2,4,6H,1,10H2/t6-/m1/s1. The van der Waals surface area contributed by atoms with Crippen LogP contribution in [0.1, 0.15) is 17.3 Å². The quantitative estimate of drug-likeness (QED) is 0.849. The molecule has 0 saturated carbocycles. The van der Waals surface area contributed by atoms with E-state index in [1.54, 1.807) is 11.3 Å². The highest BCUT2D eigenvalue weighted by molar-refractivity contribution is 9.10. The maximum absolute atomic E-state index is 8.39. The Balaban J connectivity index is 2.77. The second-order valence-electron chi connectivity index (χ2n) is 2.10. The predicted molar refractivity (Wildman–Crippen MR) is 49.2 cm³/mol. The van der Waals surface area contributed by atoms with Gasteiger partial charge in [0.1, 0.15) is 0 Å². The summed E-state index contributed by atoms with van der Waals surface area (Å²) in [5.41, 5.74) is 5.71. The van der Waals surface area contributed by atoms with Crippen molar-refractivity contribution in [2.75, 3.05) is 0 Å². The van der Waals surface area contributed by atoms with E-state index in [0.717, 1.165) is 9.35 Å². The van der Waals surface area contributed by atoms with E-state index in [0.29, 0.717) is 6.42 Å². The van der Waals surface area contributed by atoms with E-state index in [1.807, 2.05) is 17.5 Å². The van der Waals surface area contributed by atoms with Crippen LogP contribution in [0.5, 0.6) is 0 Å². The van der Waals surface area contributed by atoms with Crippen LogP contribution >= 0.6 is 27.3 Å². The summed E-state index contributed by atoms with van der Waals surface area (Å²) in [6.45, 7) is 0. The Morgan fingerprint density at radius 3 is 3.00 bits per heavy atom. The van der Waals surface area contributed by atoms with Gasteiger partial charge in [-0.1, -0.05) is 0 Å². The SMILES string of the molecule is N#CC[C@@H](N)c1sccc1Br. The van der Waals surface area contributed by atoms with Crippen molar-refractivity contribution in [2.45, 2.75) is 12.5 Å². The van der Waals surface area contributed by atoms with Crippen LogP contribution in [0.3, 0.4) is 0 Å². The zero-order valence-corrected chi connectivity index (χ0v) is 8.15. The van der Waals surface area contributed by atoms with Crippen LogP contribution in [-0.2, 0) is 0 Å². The van der Waals surface area contributed by atoms with Crippen molar-refractivity contribution in [3.05, 3.63) is 20.8 Å². The van der Waals surface area contributed by atoms with Gasteiger partial charge in [0.05, 0.1) is 18.5 Å². The molecule has 1 atom stereocenters. The first-order valence-electron chi connectivity index (χ1n) is 3.11. The maximum atomic E-state index is 8.39. The largest absolute Gasteiger partial charge is 0.322 e. The van der Waals surface area contributed by atoms with Gasteiger partial charge in [0.15, 0.2) is 0 Å². The summed E-state index contributed by atoms with van der Waals surface area (Å²) in [5, 5.41) is 10.3. The molecule has 11 heavy (non-hydrogen) atoms. The number of nitrogens with two attached hydrogens (primary N) is 1. The van der Waals surface area contributed by atoms with Gasteiger partial charge < -0.3 is 5.73 Å². The van der Waals surface area contributed by atoms with Crippen LogP contribution in [0.25, 0.3) is 0 Å². The molecule has 0 amide bonds. The molecule has 0 bridgehead atoms. The van der Waals surface area contributed by atoms with Gasteiger partial charge in [-0.2, -0.15) is 5.26 Å². The lowest BCUT2D eigenvalue weighted by Crippen LogP contribution is -2.07. The van der Waals surface area contributed by atoms with E-state index in [4.69, 9.17) is 11.0 Å². The third-order valence-electron chi connectivity index (χ3n) is 1.29. The Bertz CT molecular complexity index is 276. The molecule has 0 unspecified atom stereocenters. The Kier molecular flexibility index (Phi) is 3.06. The molecule has 1 aromatic heterocycles. The molecule has 1 heterocycles. The molecule has 0 aliphatic carbocycles. The third-order valence-corrected chi connectivity index (χ3v) is 3.30. The topological polar surface area (TPSA) is 49.8 Å². The summed E-state index contributed by atoms with van der Waals surface area (Å²) in [6, 6.07) is 3.84. The summed E-state index contributed by atoms with van der Waals surface area (Å²) in [5.74, 6) is 0. The molecule has 0 aromatic carbocycles. The fourth-order valence-electron chi connectivity index (χ4n) is 0.761. The highest BCUT2D eigenvalue weighted by atomic mass is 79.9. The summed E-state index contributed by atoms with van der Waals surface area (Å²) >= 11 is 4.93. The maximum Gasteiger partial charge on any atom is 0.0642 e. The number of nitriles is 1. The first kappa shape index (κ1) is 8.72. The molecule has 0 radical (unpaired) electrons. The molecule has 2 nitrogen and oxygen atoms in total. The predicted octanol–water partition coefficient (Wildman–Crippen LogP) is 2.42. The Morgan fingerprint density at radius 2 is 2.55 bits per heavy atom. The molecule has 58 valence electrons. The molecular formula is C7H7BrN2S. The lowest BCUT2D eigenvalue weighted by atomic mass is 10.2. The van der Waals surface area contributed by atoms with E-state index >= 15 is 0 Å². The van der Waals surface area contributed by atoms with E-state index in [-0.39, 0.29) is 6.04 Å². The first-order valence-corrected chi connectivity index (χ1v) is 4.78. The van der Waals surface area contributed by atoms with Crippen LogP contribution in [-0.4, -0.2) is 0 Å². The normalized spacial score (nSPS) is 12.5. The molecule has 0 fully saturated rings. The van der Waals surface area contributed by atoms with Crippen molar-refractivity contribution < 1.29 is 0 Å².